The van der Waals surface area contributed by atoms with Crippen LogP contribution in [0.25, 0.3) is 0 Å². The molecular formula is C23H29N3O3. The number of carbonyl (C=O) groups excluding carboxylic acids is 1. The summed E-state index contributed by atoms with van der Waals surface area (Å²) in [5.74, 6) is 0.797. The minimum absolute atomic E-state index is 0.0412. The van der Waals surface area contributed by atoms with Gasteiger partial charge >= 0.3 is 0 Å². The molecule has 2 aromatic rings. The number of aliphatic hydroxyl groups is 1. The maximum atomic E-state index is 11.6. The first-order valence-electron chi connectivity index (χ1n) is 10.4. The highest BCUT2D eigenvalue weighted by Crippen LogP contribution is 2.31. The number of ether oxygens (including phenoxy) is 1. The van der Waals surface area contributed by atoms with Crippen molar-refractivity contribution in [2.24, 2.45) is 0 Å². The summed E-state index contributed by atoms with van der Waals surface area (Å²) in [6.45, 7) is 6.79. The number of piperazine rings is 1. The number of hydrogen-bond acceptors (Lipinski definition) is 5. The normalized spacial score (nSPS) is 18.1. The van der Waals surface area contributed by atoms with Gasteiger partial charge in [-0.15, -0.1) is 0 Å². The van der Waals surface area contributed by atoms with E-state index in [4.69, 9.17) is 4.74 Å². The molecule has 0 saturated carbocycles. The Balaban J connectivity index is 1.26. The van der Waals surface area contributed by atoms with Gasteiger partial charge < -0.3 is 20.1 Å². The predicted octanol–water partition coefficient (Wildman–Crippen LogP) is 2.44. The highest BCUT2D eigenvalue weighted by molar-refractivity contribution is 5.94. The van der Waals surface area contributed by atoms with Crippen molar-refractivity contribution in [2.75, 3.05) is 49.5 Å². The Hall–Kier alpha value is -2.57. The molecule has 6 nitrogen and oxygen atoms in total. The van der Waals surface area contributed by atoms with Gasteiger partial charge in [0.2, 0.25) is 5.91 Å². The zero-order chi connectivity index (χ0) is 20.2. The van der Waals surface area contributed by atoms with Crippen molar-refractivity contribution in [1.29, 1.82) is 0 Å². The van der Waals surface area contributed by atoms with Gasteiger partial charge in [-0.1, -0.05) is 24.3 Å². The van der Waals surface area contributed by atoms with Crippen LogP contribution >= 0.6 is 0 Å². The number of nitrogens with one attached hydrogen (secondary N) is 1. The number of para-hydroxylation sites is 1. The van der Waals surface area contributed by atoms with Crippen LogP contribution < -0.4 is 15.0 Å². The number of β-amino-alcohol motifs (C(OH)–C–C–N with tert-alkyl or cyclic N) is 1. The summed E-state index contributed by atoms with van der Waals surface area (Å²) in [5, 5.41) is 13.4. The number of fused-ring (bicyclic) bond motifs is 1. The first-order valence-corrected chi connectivity index (χ1v) is 10.4. The molecule has 0 bridgehead atoms. The van der Waals surface area contributed by atoms with Gasteiger partial charge in [-0.05, 0) is 37.1 Å². The Morgan fingerprint density at radius 2 is 1.86 bits per heavy atom. The van der Waals surface area contributed by atoms with Crippen molar-refractivity contribution in [3.05, 3.63) is 53.6 Å². The van der Waals surface area contributed by atoms with Crippen molar-refractivity contribution >= 4 is 17.3 Å². The maximum absolute atomic E-state index is 11.6. The molecule has 29 heavy (non-hydrogen) atoms. The summed E-state index contributed by atoms with van der Waals surface area (Å²) < 4.78 is 5.91. The quantitative estimate of drug-likeness (QED) is 0.787. The zero-order valence-electron chi connectivity index (χ0n) is 16.9. The average molecular weight is 396 g/mol. The monoisotopic (exact) mass is 395 g/mol. The lowest BCUT2D eigenvalue weighted by atomic mass is 10.0. The number of aliphatic hydroxyl groups excluding tert-OH is 1. The van der Waals surface area contributed by atoms with E-state index in [1.165, 1.54) is 11.3 Å². The number of amides is 1. The molecule has 1 amide bonds. The summed E-state index contributed by atoms with van der Waals surface area (Å²) >= 11 is 0. The summed E-state index contributed by atoms with van der Waals surface area (Å²) in [5.41, 5.74) is 4.44. The van der Waals surface area contributed by atoms with Crippen LogP contribution in [-0.2, 0) is 11.2 Å². The second-order valence-corrected chi connectivity index (χ2v) is 7.87. The minimum atomic E-state index is -0.547. The molecule has 2 aliphatic rings. The van der Waals surface area contributed by atoms with Crippen molar-refractivity contribution in [3.63, 3.8) is 0 Å². The molecular weight excluding hydrogens is 366 g/mol. The number of rotatable bonds is 6. The fourth-order valence-electron chi connectivity index (χ4n) is 4.15. The average Bonchev–Trinajstić information content (AvgIpc) is 2.73. The van der Waals surface area contributed by atoms with Crippen LogP contribution in [0.2, 0.25) is 0 Å². The number of hydrogen-bond donors (Lipinski definition) is 2. The molecule has 1 saturated heterocycles. The second-order valence-electron chi connectivity index (χ2n) is 7.87. The van der Waals surface area contributed by atoms with Gasteiger partial charge in [0.25, 0.3) is 0 Å². The lowest BCUT2D eigenvalue weighted by Gasteiger charge is -2.37. The lowest BCUT2D eigenvalue weighted by Crippen LogP contribution is -2.49. The van der Waals surface area contributed by atoms with E-state index in [-0.39, 0.29) is 12.5 Å². The third kappa shape index (κ3) is 4.71. The van der Waals surface area contributed by atoms with E-state index < -0.39 is 6.10 Å². The molecule has 1 unspecified atom stereocenters. The SMILES string of the molecule is Cc1ccccc1N1CCN(CC(O)COc2cccc3c2CCC(=O)N3)CC1. The Bertz CT molecular complexity index is 862. The Labute approximate surface area is 172 Å². The molecule has 0 radical (unpaired) electrons. The van der Waals surface area contributed by atoms with Crippen molar-refractivity contribution in [3.8, 4) is 5.75 Å². The van der Waals surface area contributed by atoms with Crippen molar-refractivity contribution < 1.29 is 14.6 Å². The van der Waals surface area contributed by atoms with Gasteiger partial charge in [-0.25, -0.2) is 0 Å². The van der Waals surface area contributed by atoms with Crippen LogP contribution in [0.3, 0.4) is 0 Å². The van der Waals surface area contributed by atoms with Crippen LogP contribution in [0.15, 0.2) is 42.5 Å². The van der Waals surface area contributed by atoms with Crippen LogP contribution in [0.5, 0.6) is 5.75 Å². The first-order chi connectivity index (χ1) is 14.1. The standard InChI is InChI=1S/C23H29N3O3/c1-17-5-2-3-7-21(17)26-13-11-25(12-14-26)15-18(27)16-29-22-8-4-6-20-19(22)9-10-23(28)24-20/h2-8,18,27H,9-16H2,1H3,(H,24,28). The molecule has 6 heteroatoms. The molecule has 1 atom stereocenters. The largest absolute Gasteiger partial charge is 0.490 e. The summed E-state index contributed by atoms with van der Waals surface area (Å²) in [6.07, 6.45) is 0.601. The molecule has 154 valence electrons. The van der Waals surface area contributed by atoms with Gasteiger partial charge in [0, 0.05) is 56.1 Å². The van der Waals surface area contributed by atoms with E-state index in [1.807, 2.05) is 18.2 Å². The van der Waals surface area contributed by atoms with E-state index in [0.29, 0.717) is 19.4 Å². The Kier molecular flexibility index (Phi) is 6.02. The Morgan fingerprint density at radius 3 is 2.66 bits per heavy atom. The molecule has 2 aromatic carbocycles. The first kappa shape index (κ1) is 19.7. The van der Waals surface area contributed by atoms with Gasteiger partial charge in [0.1, 0.15) is 18.5 Å². The minimum Gasteiger partial charge on any atom is -0.490 e. The van der Waals surface area contributed by atoms with Crippen LogP contribution in [0.1, 0.15) is 17.5 Å². The smallest absolute Gasteiger partial charge is 0.224 e. The molecule has 2 aliphatic heterocycles. The summed E-state index contributed by atoms with van der Waals surface area (Å²) in [4.78, 5) is 16.3. The topological polar surface area (TPSA) is 65.0 Å². The van der Waals surface area contributed by atoms with E-state index in [0.717, 1.165) is 43.2 Å². The lowest BCUT2D eigenvalue weighted by molar-refractivity contribution is -0.116. The van der Waals surface area contributed by atoms with E-state index in [2.05, 4.69) is 46.3 Å². The van der Waals surface area contributed by atoms with Crippen molar-refractivity contribution in [2.45, 2.75) is 25.9 Å². The second kappa shape index (κ2) is 8.84. The van der Waals surface area contributed by atoms with Crippen molar-refractivity contribution in [1.82, 2.24) is 4.90 Å². The van der Waals surface area contributed by atoms with E-state index in [1.54, 1.807) is 0 Å². The van der Waals surface area contributed by atoms with Gasteiger partial charge in [0.05, 0.1) is 0 Å². The zero-order valence-corrected chi connectivity index (χ0v) is 16.9. The number of carbonyl (C=O) groups is 1. The third-order valence-corrected chi connectivity index (χ3v) is 5.74. The highest BCUT2D eigenvalue weighted by atomic mass is 16.5. The number of nitrogens with zero attached hydrogens (tertiary/aromatic N) is 2. The van der Waals surface area contributed by atoms with Crippen LogP contribution in [-0.4, -0.2) is 61.3 Å². The summed E-state index contributed by atoms with van der Waals surface area (Å²) in [6, 6.07) is 14.2. The fraction of sp³-hybridized carbons (Fsp3) is 0.435. The highest BCUT2D eigenvalue weighted by Gasteiger charge is 2.22. The third-order valence-electron chi connectivity index (χ3n) is 5.74. The van der Waals surface area contributed by atoms with E-state index >= 15 is 0 Å². The van der Waals surface area contributed by atoms with Crippen LogP contribution in [0, 0.1) is 6.92 Å². The maximum Gasteiger partial charge on any atom is 0.224 e. The van der Waals surface area contributed by atoms with Gasteiger partial charge in [-0.3, -0.25) is 9.69 Å². The van der Waals surface area contributed by atoms with E-state index in [9.17, 15) is 9.90 Å². The molecule has 0 spiro atoms. The summed E-state index contributed by atoms with van der Waals surface area (Å²) in [7, 11) is 0. The van der Waals surface area contributed by atoms with Gasteiger partial charge in [0.15, 0.2) is 0 Å². The Morgan fingerprint density at radius 1 is 1.07 bits per heavy atom. The molecule has 0 aromatic heterocycles. The van der Waals surface area contributed by atoms with Crippen LogP contribution in [0.4, 0.5) is 11.4 Å². The molecule has 4 rings (SSSR count). The molecule has 2 N–H and O–H groups in total. The molecule has 0 aliphatic carbocycles. The fourth-order valence-corrected chi connectivity index (χ4v) is 4.15. The molecule has 2 heterocycles. The molecule has 1 fully saturated rings. The number of anilines is 2. The predicted molar refractivity (Wildman–Crippen MR) is 115 cm³/mol. The van der Waals surface area contributed by atoms with Gasteiger partial charge in [-0.2, -0.15) is 0 Å². The number of benzene rings is 2. The number of aryl methyl sites for hydroxylation is 1.